The summed E-state index contributed by atoms with van der Waals surface area (Å²) in [5.74, 6) is 1.99. The fourth-order valence-corrected chi connectivity index (χ4v) is 2.59. The van der Waals surface area contributed by atoms with Gasteiger partial charge in [0.15, 0.2) is 0 Å². The lowest BCUT2D eigenvalue weighted by atomic mass is 10.1. The summed E-state index contributed by atoms with van der Waals surface area (Å²) >= 11 is 0. The van der Waals surface area contributed by atoms with E-state index < -0.39 is 0 Å². The second-order valence-corrected chi connectivity index (χ2v) is 5.39. The highest BCUT2D eigenvalue weighted by Crippen LogP contribution is 2.44. The molecule has 1 heterocycles. The summed E-state index contributed by atoms with van der Waals surface area (Å²) in [5.41, 5.74) is 1.21. The van der Waals surface area contributed by atoms with Crippen molar-refractivity contribution in [3.05, 3.63) is 18.0 Å². The molecule has 0 unspecified atom stereocenters. The first-order valence-electron chi connectivity index (χ1n) is 6.55. The van der Waals surface area contributed by atoms with Gasteiger partial charge in [-0.3, -0.25) is 4.68 Å². The molecule has 0 atom stereocenters. The summed E-state index contributed by atoms with van der Waals surface area (Å²) in [6.07, 6.45) is 8.91. The molecule has 3 heteroatoms. The summed E-state index contributed by atoms with van der Waals surface area (Å²) in [6.45, 7) is 1.09. The van der Waals surface area contributed by atoms with E-state index in [4.69, 9.17) is 0 Å². The Morgan fingerprint density at radius 3 is 2.56 bits per heavy atom. The number of rotatable bonds is 6. The highest BCUT2D eigenvalue weighted by molar-refractivity contribution is 5.01. The molecule has 1 N–H and O–H groups in total. The van der Waals surface area contributed by atoms with E-state index in [9.17, 15) is 0 Å². The van der Waals surface area contributed by atoms with Gasteiger partial charge in [0, 0.05) is 32.3 Å². The van der Waals surface area contributed by atoms with Crippen molar-refractivity contribution in [3.63, 3.8) is 0 Å². The standard InChI is InChI=1S/C13H21N3/c1-16-9-7-12(15-16)6-8-14-13(10-2-3-10)11-4-5-11/h7,9-11,13-14H,2-6,8H2,1H3. The molecule has 88 valence electrons. The molecule has 16 heavy (non-hydrogen) atoms. The zero-order valence-electron chi connectivity index (χ0n) is 10.0. The van der Waals surface area contributed by atoms with Crippen LogP contribution in [0.4, 0.5) is 0 Å². The molecule has 1 aromatic rings. The molecule has 3 nitrogen and oxygen atoms in total. The van der Waals surface area contributed by atoms with Crippen molar-refractivity contribution < 1.29 is 0 Å². The van der Waals surface area contributed by atoms with E-state index in [1.807, 2.05) is 17.9 Å². The Morgan fingerprint density at radius 2 is 2.06 bits per heavy atom. The third-order valence-corrected chi connectivity index (χ3v) is 3.79. The monoisotopic (exact) mass is 219 g/mol. The van der Waals surface area contributed by atoms with Gasteiger partial charge in [0.1, 0.15) is 0 Å². The van der Waals surface area contributed by atoms with Crippen molar-refractivity contribution >= 4 is 0 Å². The van der Waals surface area contributed by atoms with Crippen LogP contribution in [0.25, 0.3) is 0 Å². The summed E-state index contributed by atoms with van der Waals surface area (Å²) in [6, 6.07) is 2.94. The zero-order chi connectivity index (χ0) is 11.0. The molecule has 0 spiro atoms. The number of hydrogen-bond acceptors (Lipinski definition) is 2. The predicted octanol–water partition coefficient (Wildman–Crippen LogP) is 1.74. The van der Waals surface area contributed by atoms with Gasteiger partial charge in [0.2, 0.25) is 0 Å². The fraction of sp³-hybridized carbons (Fsp3) is 0.769. The molecule has 1 aromatic heterocycles. The van der Waals surface area contributed by atoms with E-state index in [1.165, 1.54) is 31.4 Å². The van der Waals surface area contributed by atoms with Gasteiger partial charge in [-0.25, -0.2) is 0 Å². The van der Waals surface area contributed by atoms with E-state index >= 15 is 0 Å². The van der Waals surface area contributed by atoms with Gasteiger partial charge in [-0.2, -0.15) is 5.10 Å². The molecular weight excluding hydrogens is 198 g/mol. The van der Waals surface area contributed by atoms with Gasteiger partial charge in [0.05, 0.1) is 5.69 Å². The highest BCUT2D eigenvalue weighted by Gasteiger charge is 2.40. The molecule has 0 bridgehead atoms. The fourth-order valence-electron chi connectivity index (χ4n) is 2.59. The van der Waals surface area contributed by atoms with Crippen molar-refractivity contribution in [2.75, 3.05) is 6.54 Å². The lowest BCUT2D eigenvalue weighted by molar-refractivity contribution is 0.419. The summed E-state index contributed by atoms with van der Waals surface area (Å²) < 4.78 is 1.88. The zero-order valence-corrected chi connectivity index (χ0v) is 10.0. The number of nitrogens with zero attached hydrogens (tertiary/aromatic N) is 2. The van der Waals surface area contributed by atoms with Gasteiger partial charge in [0.25, 0.3) is 0 Å². The second kappa shape index (κ2) is 4.21. The van der Waals surface area contributed by atoms with Crippen LogP contribution >= 0.6 is 0 Å². The minimum Gasteiger partial charge on any atom is -0.313 e. The molecular formula is C13H21N3. The Morgan fingerprint density at radius 1 is 1.38 bits per heavy atom. The normalized spacial score (nSPS) is 20.6. The molecule has 0 saturated heterocycles. The molecule has 0 aromatic carbocycles. The first kappa shape index (κ1) is 10.3. The van der Waals surface area contributed by atoms with Crippen LogP contribution in [0.3, 0.4) is 0 Å². The van der Waals surface area contributed by atoms with Crippen LogP contribution in [0.2, 0.25) is 0 Å². The number of aromatic nitrogens is 2. The van der Waals surface area contributed by atoms with Crippen LogP contribution in [0, 0.1) is 11.8 Å². The minimum atomic E-state index is 0.823. The van der Waals surface area contributed by atoms with Crippen LogP contribution in [0.15, 0.2) is 12.3 Å². The Balaban J connectivity index is 1.44. The van der Waals surface area contributed by atoms with Crippen LogP contribution in [0.5, 0.6) is 0 Å². The quantitative estimate of drug-likeness (QED) is 0.790. The third-order valence-electron chi connectivity index (χ3n) is 3.79. The Labute approximate surface area is 97.2 Å². The predicted molar refractivity (Wildman–Crippen MR) is 64.2 cm³/mol. The van der Waals surface area contributed by atoms with Gasteiger partial charge in [-0.05, 0) is 43.6 Å². The molecule has 0 aliphatic heterocycles. The number of nitrogens with one attached hydrogen (secondary N) is 1. The van der Waals surface area contributed by atoms with E-state index in [2.05, 4.69) is 16.5 Å². The topological polar surface area (TPSA) is 29.9 Å². The Kier molecular flexibility index (Phi) is 2.72. The smallest absolute Gasteiger partial charge is 0.0637 e. The van der Waals surface area contributed by atoms with Crippen molar-refractivity contribution in [1.82, 2.24) is 15.1 Å². The largest absolute Gasteiger partial charge is 0.313 e. The van der Waals surface area contributed by atoms with Crippen molar-refractivity contribution in [1.29, 1.82) is 0 Å². The van der Waals surface area contributed by atoms with Crippen LogP contribution in [-0.2, 0) is 13.5 Å². The molecule has 2 aliphatic rings. The summed E-state index contributed by atoms with van der Waals surface area (Å²) in [5, 5.41) is 8.16. The highest BCUT2D eigenvalue weighted by atomic mass is 15.2. The Bertz CT molecular complexity index is 338. The molecule has 2 fully saturated rings. The SMILES string of the molecule is Cn1ccc(CCNC(C2CC2)C2CC2)n1. The second-order valence-electron chi connectivity index (χ2n) is 5.39. The maximum Gasteiger partial charge on any atom is 0.0637 e. The van der Waals surface area contributed by atoms with E-state index in [-0.39, 0.29) is 0 Å². The van der Waals surface area contributed by atoms with E-state index in [0.717, 1.165) is 30.8 Å². The van der Waals surface area contributed by atoms with Gasteiger partial charge >= 0.3 is 0 Å². The average molecular weight is 219 g/mol. The van der Waals surface area contributed by atoms with Crippen molar-refractivity contribution in [2.45, 2.75) is 38.1 Å². The lowest BCUT2D eigenvalue weighted by Gasteiger charge is -2.16. The van der Waals surface area contributed by atoms with Gasteiger partial charge in [-0.1, -0.05) is 0 Å². The van der Waals surface area contributed by atoms with Crippen LogP contribution < -0.4 is 5.32 Å². The average Bonchev–Trinajstić information content (AvgIpc) is 3.15. The third kappa shape index (κ3) is 2.46. The maximum atomic E-state index is 4.41. The maximum absolute atomic E-state index is 4.41. The number of hydrogen-bond donors (Lipinski definition) is 1. The molecule has 0 radical (unpaired) electrons. The lowest BCUT2D eigenvalue weighted by Crippen LogP contribution is -2.34. The Hall–Kier alpha value is -0.830. The van der Waals surface area contributed by atoms with Gasteiger partial charge in [-0.15, -0.1) is 0 Å². The molecule has 0 amide bonds. The molecule has 2 aliphatic carbocycles. The first-order valence-corrected chi connectivity index (χ1v) is 6.55. The van der Waals surface area contributed by atoms with Gasteiger partial charge < -0.3 is 5.32 Å². The first-order chi connectivity index (χ1) is 7.83. The van der Waals surface area contributed by atoms with Crippen LogP contribution in [0.1, 0.15) is 31.4 Å². The van der Waals surface area contributed by atoms with E-state index in [1.54, 1.807) is 0 Å². The minimum absolute atomic E-state index is 0.823. The summed E-state index contributed by atoms with van der Waals surface area (Å²) in [4.78, 5) is 0. The van der Waals surface area contributed by atoms with Crippen molar-refractivity contribution in [3.8, 4) is 0 Å². The molecule has 3 rings (SSSR count). The summed E-state index contributed by atoms with van der Waals surface area (Å²) in [7, 11) is 1.98. The van der Waals surface area contributed by atoms with Crippen LogP contribution in [-0.4, -0.2) is 22.4 Å². The van der Waals surface area contributed by atoms with Crippen molar-refractivity contribution in [2.24, 2.45) is 18.9 Å². The number of aryl methyl sites for hydroxylation is 1. The van der Waals surface area contributed by atoms with E-state index in [0.29, 0.717) is 0 Å². The molecule has 2 saturated carbocycles.